The van der Waals surface area contributed by atoms with Crippen molar-refractivity contribution in [2.45, 2.75) is 18.1 Å². The maximum Gasteiger partial charge on any atom is 0.261 e. The molecule has 0 bridgehead atoms. The van der Waals surface area contributed by atoms with Gasteiger partial charge in [0.2, 0.25) is 0 Å². The van der Waals surface area contributed by atoms with Gasteiger partial charge in [0.05, 0.1) is 6.57 Å². The Morgan fingerprint density at radius 1 is 1.10 bits per heavy atom. The minimum atomic E-state index is -1.14. The number of ether oxygens (including phenoxy) is 1. The van der Waals surface area contributed by atoms with E-state index in [1.807, 2.05) is 66.7 Å². The van der Waals surface area contributed by atoms with Crippen LogP contribution in [0.2, 0.25) is 0 Å². The van der Waals surface area contributed by atoms with Crippen LogP contribution >= 0.6 is 0 Å². The molecule has 2 aliphatic heterocycles. The molecular weight excluding hydrogens is 388 g/mol. The van der Waals surface area contributed by atoms with E-state index in [0.717, 1.165) is 16.7 Å². The molecule has 0 aliphatic carbocycles. The van der Waals surface area contributed by atoms with Crippen LogP contribution in [0.4, 0.5) is 5.69 Å². The van der Waals surface area contributed by atoms with Gasteiger partial charge in [0, 0.05) is 19.0 Å². The molecule has 2 heterocycles. The van der Waals surface area contributed by atoms with Crippen molar-refractivity contribution >= 4 is 17.6 Å². The average molecular weight is 408 g/mol. The number of guanidine groups is 1. The van der Waals surface area contributed by atoms with Gasteiger partial charge in [-0.2, -0.15) is 0 Å². The quantitative estimate of drug-likeness (QED) is 0.639. The second-order valence-corrected chi connectivity index (χ2v) is 7.79. The van der Waals surface area contributed by atoms with E-state index in [9.17, 15) is 4.79 Å². The summed E-state index contributed by atoms with van der Waals surface area (Å²) in [5, 5.41) is 0. The standard InChI is InChI=1S/C25H20N4O2/c1-27-19-10-6-9-17(13-19)18-11-12-21-20(14-18)25(23(30)29(2)24(26)28-25)15-22(31-21)16-7-4-3-5-8-16/h3-14,22H,15H2,2H3,(H2,26,28). The van der Waals surface area contributed by atoms with Crippen molar-refractivity contribution in [1.82, 2.24) is 4.90 Å². The van der Waals surface area contributed by atoms with Crippen molar-refractivity contribution in [2.75, 3.05) is 7.05 Å². The van der Waals surface area contributed by atoms with Gasteiger partial charge >= 0.3 is 0 Å². The fourth-order valence-electron chi connectivity index (χ4n) is 4.33. The molecule has 0 saturated carbocycles. The number of rotatable bonds is 2. The van der Waals surface area contributed by atoms with Crippen LogP contribution < -0.4 is 10.5 Å². The Bertz CT molecular complexity index is 1260. The Hall–Kier alpha value is -4.11. The smallest absolute Gasteiger partial charge is 0.261 e. The van der Waals surface area contributed by atoms with Crippen LogP contribution in [-0.2, 0) is 10.3 Å². The minimum Gasteiger partial charge on any atom is -0.485 e. The topological polar surface area (TPSA) is 72.3 Å². The van der Waals surface area contributed by atoms with Crippen molar-refractivity contribution in [3.05, 3.63) is 95.3 Å². The van der Waals surface area contributed by atoms with E-state index in [2.05, 4.69) is 9.84 Å². The molecule has 0 radical (unpaired) electrons. The molecule has 2 N–H and O–H groups in total. The average Bonchev–Trinajstić information content (AvgIpc) is 3.03. The van der Waals surface area contributed by atoms with Gasteiger partial charge in [0.25, 0.3) is 5.91 Å². The van der Waals surface area contributed by atoms with E-state index < -0.39 is 5.54 Å². The van der Waals surface area contributed by atoms with E-state index in [0.29, 0.717) is 23.4 Å². The summed E-state index contributed by atoms with van der Waals surface area (Å²) in [5.74, 6) is 0.651. The summed E-state index contributed by atoms with van der Waals surface area (Å²) in [6.45, 7) is 7.28. The Kier molecular flexibility index (Phi) is 4.26. The number of fused-ring (bicyclic) bond motifs is 2. The van der Waals surface area contributed by atoms with Crippen LogP contribution in [0.1, 0.15) is 23.7 Å². The van der Waals surface area contributed by atoms with Gasteiger partial charge in [0.15, 0.2) is 17.2 Å². The molecule has 152 valence electrons. The normalized spacial score (nSPS) is 21.9. The molecule has 0 aromatic heterocycles. The number of aliphatic imine (C=N–C) groups is 1. The highest BCUT2D eigenvalue weighted by atomic mass is 16.5. The van der Waals surface area contributed by atoms with Crippen molar-refractivity contribution in [3.63, 3.8) is 0 Å². The number of carbonyl (C=O) groups excluding carboxylic acids is 1. The number of nitrogens with two attached hydrogens (primary N) is 1. The number of benzene rings is 3. The fourth-order valence-corrected chi connectivity index (χ4v) is 4.33. The molecule has 0 saturated heterocycles. The number of hydrogen-bond acceptors (Lipinski definition) is 4. The first kappa shape index (κ1) is 18.9. The van der Waals surface area contributed by atoms with Crippen LogP contribution in [-0.4, -0.2) is 23.8 Å². The number of nitrogens with zero attached hydrogens (tertiary/aromatic N) is 3. The Balaban J connectivity index is 1.68. The lowest BCUT2D eigenvalue weighted by molar-refractivity contribution is -0.132. The largest absolute Gasteiger partial charge is 0.485 e. The number of likely N-dealkylation sites (N-methyl/N-ethyl adjacent to an activating group) is 1. The van der Waals surface area contributed by atoms with Crippen LogP contribution in [0, 0.1) is 6.57 Å². The third kappa shape index (κ3) is 2.94. The highest BCUT2D eigenvalue weighted by molar-refractivity contribution is 6.07. The van der Waals surface area contributed by atoms with E-state index >= 15 is 0 Å². The second-order valence-electron chi connectivity index (χ2n) is 7.79. The van der Waals surface area contributed by atoms with Gasteiger partial charge in [-0.15, -0.1) is 0 Å². The molecule has 2 atom stereocenters. The van der Waals surface area contributed by atoms with Gasteiger partial charge in [-0.3, -0.25) is 9.69 Å². The molecule has 2 aliphatic rings. The van der Waals surface area contributed by atoms with E-state index in [1.54, 1.807) is 13.1 Å². The van der Waals surface area contributed by atoms with Crippen molar-refractivity contribution < 1.29 is 9.53 Å². The molecule has 1 amide bonds. The number of amides is 1. The highest BCUT2D eigenvalue weighted by Crippen LogP contribution is 2.50. The summed E-state index contributed by atoms with van der Waals surface area (Å²) < 4.78 is 6.33. The molecule has 3 aromatic rings. The summed E-state index contributed by atoms with van der Waals surface area (Å²) in [4.78, 5) is 23.0. The lowest BCUT2D eigenvalue weighted by Crippen LogP contribution is -2.43. The molecular formula is C25H20N4O2. The summed E-state index contributed by atoms with van der Waals surface area (Å²) in [7, 11) is 1.64. The molecule has 6 nitrogen and oxygen atoms in total. The summed E-state index contributed by atoms with van der Waals surface area (Å²) in [6, 6.07) is 23.0. The first-order valence-corrected chi connectivity index (χ1v) is 9.99. The van der Waals surface area contributed by atoms with Crippen LogP contribution in [0.3, 0.4) is 0 Å². The number of carbonyl (C=O) groups is 1. The predicted molar refractivity (Wildman–Crippen MR) is 119 cm³/mol. The van der Waals surface area contributed by atoms with Gasteiger partial charge in [0.1, 0.15) is 11.9 Å². The zero-order valence-corrected chi connectivity index (χ0v) is 16.9. The van der Waals surface area contributed by atoms with Crippen molar-refractivity contribution in [3.8, 4) is 16.9 Å². The lowest BCUT2D eigenvalue weighted by atomic mass is 9.79. The Labute approximate surface area is 180 Å². The third-order valence-electron chi connectivity index (χ3n) is 5.96. The maximum absolute atomic E-state index is 13.4. The van der Waals surface area contributed by atoms with Gasteiger partial charge in [-0.1, -0.05) is 54.6 Å². The zero-order valence-electron chi connectivity index (χ0n) is 16.9. The Morgan fingerprint density at radius 2 is 1.87 bits per heavy atom. The van der Waals surface area contributed by atoms with Crippen molar-refractivity contribution in [2.24, 2.45) is 10.7 Å². The van der Waals surface area contributed by atoms with E-state index in [1.165, 1.54) is 4.90 Å². The lowest BCUT2D eigenvalue weighted by Gasteiger charge is -2.37. The molecule has 3 aromatic carbocycles. The molecule has 6 heteroatoms. The summed E-state index contributed by atoms with van der Waals surface area (Å²) >= 11 is 0. The fraction of sp³-hybridized carbons (Fsp3) is 0.160. The van der Waals surface area contributed by atoms with E-state index in [4.69, 9.17) is 17.0 Å². The minimum absolute atomic E-state index is 0.164. The third-order valence-corrected chi connectivity index (χ3v) is 5.96. The first-order chi connectivity index (χ1) is 15.0. The summed E-state index contributed by atoms with van der Waals surface area (Å²) in [5.41, 5.74) is 8.97. The van der Waals surface area contributed by atoms with Gasteiger partial charge in [-0.25, -0.2) is 9.84 Å². The highest BCUT2D eigenvalue weighted by Gasteiger charge is 2.53. The second kappa shape index (κ2) is 6.99. The summed E-state index contributed by atoms with van der Waals surface area (Å²) in [6.07, 6.45) is 0.0383. The van der Waals surface area contributed by atoms with Gasteiger partial charge < -0.3 is 10.5 Å². The maximum atomic E-state index is 13.4. The zero-order chi connectivity index (χ0) is 21.6. The first-order valence-electron chi connectivity index (χ1n) is 9.99. The number of hydrogen-bond donors (Lipinski definition) is 1. The monoisotopic (exact) mass is 408 g/mol. The molecule has 31 heavy (non-hydrogen) atoms. The molecule has 2 unspecified atom stereocenters. The molecule has 0 fully saturated rings. The van der Waals surface area contributed by atoms with E-state index in [-0.39, 0.29) is 18.0 Å². The van der Waals surface area contributed by atoms with Gasteiger partial charge in [-0.05, 0) is 34.9 Å². The van der Waals surface area contributed by atoms with Crippen molar-refractivity contribution in [1.29, 1.82) is 0 Å². The SMILES string of the molecule is [C-]#[N+]c1cccc(-c2ccc3c(c2)C2(CC(c4ccccc4)O3)N=C(N)N(C)C2=O)c1. The predicted octanol–water partition coefficient (Wildman–Crippen LogP) is 4.41. The van der Waals surface area contributed by atoms with Crippen LogP contribution in [0.25, 0.3) is 16.0 Å². The molecule has 5 rings (SSSR count). The van der Waals surface area contributed by atoms with Crippen LogP contribution in [0.15, 0.2) is 77.8 Å². The Morgan fingerprint density at radius 3 is 2.58 bits per heavy atom. The molecule has 1 spiro atoms. The van der Waals surface area contributed by atoms with Crippen LogP contribution in [0.5, 0.6) is 5.75 Å².